The van der Waals surface area contributed by atoms with Crippen molar-refractivity contribution in [3.63, 3.8) is 0 Å². The monoisotopic (exact) mass is 392 g/mol. The maximum absolute atomic E-state index is 13.5. The molecular weight excluding hydrogens is 374 g/mol. The van der Waals surface area contributed by atoms with Crippen molar-refractivity contribution >= 4 is 28.5 Å². The fraction of sp³-hybridized carbons (Fsp3) is 0.444. The first-order chi connectivity index (χ1) is 13.1. The minimum Gasteiger partial charge on any atom is -0.423 e. The molecule has 0 spiro atoms. The Bertz CT molecular complexity index is 946. The maximum Gasteiger partial charge on any atom is 0.298 e. The zero-order valence-electron chi connectivity index (χ0n) is 14.6. The third-order valence-electron chi connectivity index (χ3n) is 5.21. The first kappa shape index (κ1) is 17.0. The van der Waals surface area contributed by atoms with Gasteiger partial charge in [0.1, 0.15) is 16.6 Å². The van der Waals surface area contributed by atoms with Gasteiger partial charge in [-0.15, -0.1) is 11.3 Å². The van der Waals surface area contributed by atoms with E-state index in [9.17, 15) is 8.78 Å². The summed E-state index contributed by atoms with van der Waals surface area (Å²) in [6.45, 7) is 1.60. The van der Waals surface area contributed by atoms with E-state index in [-0.39, 0.29) is 0 Å². The summed E-state index contributed by atoms with van der Waals surface area (Å²) in [5.41, 5.74) is 1.98. The quantitative estimate of drug-likeness (QED) is 0.718. The summed E-state index contributed by atoms with van der Waals surface area (Å²) in [6, 6.07) is 4.74. The van der Waals surface area contributed by atoms with E-state index in [1.807, 2.05) is 5.38 Å². The fourth-order valence-electron chi connectivity index (χ4n) is 3.94. The van der Waals surface area contributed by atoms with Gasteiger partial charge in [-0.1, -0.05) is 6.07 Å². The predicted octanol–water partition coefficient (Wildman–Crippen LogP) is 3.45. The Kier molecular flexibility index (Phi) is 4.10. The number of aromatic nitrogens is 2. The number of hydrogen-bond acceptors (Lipinski definition) is 7. The van der Waals surface area contributed by atoms with Crippen LogP contribution in [0.5, 0.6) is 0 Å². The molecule has 6 rings (SSSR count). The van der Waals surface area contributed by atoms with Crippen LogP contribution in [0.4, 0.5) is 14.8 Å². The molecule has 0 aliphatic carbocycles. The van der Waals surface area contributed by atoms with Crippen molar-refractivity contribution in [1.29, 1.82) is 0 Å². The number of piperidine rings is 1. The molecule has 3 aliphatic rings. The van der Waals surface area contributed by atoms with E-state index < -0.39 is 12.5 Å². The van der Waals surface area contributed by atoms with Gasteiger partial charge in [0.2, 0.25) is 0 Å². The van der Waals surface area contributed by atoms with Crippen LogP contribution in [0.25, 0.3) is 21.7 Å². The van der Waals surface area contributed by atoms with E-state index in [0.29, 0.717) is 34.8 Å². The molecule has 3 saturated heterocycles. The number of piperazine rings is 1. The van der Waals surface area contributed by atoms with Crippen LogP contribution in [0.15, 0.2) is 28.1 Å². The minimum absolute atomic E-state index is 0.332. The van der Waals surface area contributed by atoms with Gasteiger partial charge < -0.3 is 19.4 Å². The molecule has 0 radical (unpaired) electrons. The van der Waals surface area contributed by atoms with Gasteiger partial charge in [0.05, 0.1) is 5.56 Å². The van der Waals surface area contributed by atoms with E-state index in [4.69, 9.17) is 9.15 Å². The zero-order valence-corrected chi connectivity index (χ0v) is 15.4. The lowest BCUT2D eigenvalue weighted by Gasteiger charge is -2.47. The van der Waals surface area contributed by atoms with Gasteiger partial charge in [-0.2, -0.15) is 4.98 Å². The van der Waals surface area contributed by atoms with Gasteiger partial charge in [-0.3, -0.25) is 0 Å². The van der Waals surface area contributed by atoms with E-state index >= 15 is 0 Å². The number of nitrogens with one attached hydrogen (secondary N) is 1. The highest BCUT2D eigenvalue weighted by atomic mass is 32.1. The Hall–Kier alpha value is -2.10. The minimum atomic E-state index is -2.66. The molecule has 9 heteroatoms. The second kappa shape index (κ2) is 6.50. The molecule has 6 nitrogen and oxygen atoms in total. The van der Waals surface area contributed by atoms with E-state index in [1.165, 1.54) is 18.4 Å². The second-order valence-corrected chi connectivity index (χ2v) is 7.80. The summed E-state index contributed by atoms with van der Waals surface area (Å²) in [5.74, 6) is 0. The molecule has 0 amide bonds. The van der Waals surface area contributed by atoms with Crippen LogP contribution < -0.4 is 10.2 Å². The number of ether oxygens (including phenoxy) is 1. The van der Waals surface area contributed by atoms with Gasteiger partial charge >= 0.3 is 0 Å². The average molecular weight is 392 g/mol. The number of halogens is 2. The summed E-state index contributed by atoms with van der Waals surface area (Å²) < 4.78 is 38.1. The molecule has 2 bridgehead atoms. The van der Waals surface area contributed by atoms with Crippen LogP contribution in [-0.4, -0.2) is 48.7 Å². The summed E-state index contributed by atoms with van der Waals surface area (Å²) in [4.78, 5) is 11.0. The first-order valence-corrected chi connectivity index (χ1v) is 9.67. The zero-order chi connectivity index (χ0) is 18.5. The molecule has 5 heterocycles. The normalized spacial score (nSPS) is 23.0. The number of anilines is 1. The molecule has 2 aromatic heterocycles. The van der Waals surface area contributed by atoms with Crippen LogP contribution in [0.3, 0.4) is 0 Å². The van der Waals surface area contributed by atoms with E-state index in [1.54, 1.807) is 18.3 Å². The summed E-state index contributed by atoms with van der Waals surface area (Å²) in [6.07, 6.45) is -1.15. The molecule has 1 N–H and O–H groups in total. The number of rotatable bonds is 5. The van der Waals surface area contributed by atoms with Crippen LogP contribution >= 0.6 is 11.3 Å². The largest absolute Gasteiger partial charge is 0.423 e. The van der Waals surface area contributed by atoms with E-state index in [0.717, 1.165) is 30.1 Å². The summed E-state index contributed by atoms with van der Waals surface area (Å²) in [5, 5.41) is 6.10. The number of fused-ring (bicyclic) bond motifs is 3. The van der Waals surface area contributed by atoms with Crippen LogP contribution in [0.2, 0.25) is 0 Å². The van der Waals surface area contributed by atoms with E-state index in [2.05, 4.69) is 20.2 Å². The molecule has 3 aliphatic heterocycles. The lowest BCUT2D eigenvalue weighted by molar-refractivity contribution is -0.0335. The smallest absolute Gasteiger partial charge is 0.298 e. The van der Waals surface area contributed by atoms with Crippen molar-refractivity contribution < 1.29 is 17.9 Å². The predicted molar refractivity (Wildman–Crippen MR) is 98.4 cm³/mol. The van der Waals surface area contributed by atoms with Crippen molar-refractivity contribution in [2.45, 2.75) is 31.0 Å². The molecule has 1 aromatic carbocycles. The third-order valence-corrected chi connectivity index (χ3v) is 6.01. The number of methoxy groups -OCH3 is 1. The standard InChI is InChI=1S/C18H18F2N4O2S/c1-25-15(16(19)20)11-2-3-12(17-21-4-5-27-17)14-13(11)23-18(26-14)24-7-9-6-10(8-24)22-9/h2-5,9-10,15-16,22H,6-8H2,1H3. The number of hydrogen-bond donors (Lipinski definition) is 1. The summed E-state index contributed by atoms with van der Waals surface area (Å²) in [7, 11) is 1.28. The molecule has 142 valence electrons. The highest BCUT2D eigenvalue weighted by molar-refractivity contribution is 7.13. The van der Waals surface area contributed by atoms with Crippen molar-refractivity contribution in [3.05, 3.63) is 29.3 Å². The van der Waals surface area contributed by atoms with Crippen LogP contribution in [0, 0.1) is 0 Å². The number of thiazole rings is 1. The SMILES string of the molecule is COC(c1ccc(-c2nccs2)c2oc(N3CC4CC(C3)N4)nc12)C(F)F. The average Bonchev–Trinajstić information content (AvgIpc) is 3.32. The fourth-order valence-corrected chi connectivity index (χ4v) is 4.60. The van der Waals surface area contributed by atoms with Crippen molar-refractivity contribution in [2.24, 2.45) is 0 Å². The van der Waals surface area contributed by atoms with Crippen molar-refractivity contribution in [1.82, 2.24) is 15.3 Å². The molecule has 3 atom stereocenters. The van der Waals surface area contributed by atoms with Gasteiger partial charge in [0, 0.05) is 49.4 Å². The van der Waals surface area contributed by atoms with Crippen molar-refractivity contribution in [2.75, 3.05) is 25.1 Å². The second-order valence-electron chi connectivity index (χ2n) is 6.91. The first-order valence-electron chi connectivity index (χ1n) is 8.79. The Balaban J connectivity index is 1.65. The van der Waals surface area contributed by atoms with Gasteiger partial charge in [0.25, 0.3) is 12.4 Å². The van der Waals surface area contributed by atoms with Crippen LogP contribution in [-0.2, 0) is 4.74 Å². The Morgan fingerprint density at radius 1 is 1.33 bits per heavy atom. The Labute approximate surface area is 158 Å². The molecule has 27 heavy (non-hydrogen) atoms. The lowest BCUT2D eigenvalue weighted by atomic mass is 9.92. The number of nitrogens with zero attached hydrogens (tertiary/aromatic N) is 3. The highest BCUT2D eigenvalue weighted by Gasteiger charge is 2.38. The van der Waals surface area contributed by atoms with Crippen LogP contribution in [0.1, 0.15) is 18.1 Å². The lowest BCUT2D eigenvalue weighted by Crippen LogP contribution is -2.67. The molecule has 0 saturated carbocycles. The van der Waals surface area contributed by atoms with Gasteiger partial charge in [0.15, 0.2) is 5.58 Å². The Morgan fingerprint density at radius 3 is 2.74 bits per heavy atom. The molecule has 3 aromatic rings. The molecular formula is C18H18F2N4O2S. The Morgan fingerprint density at radius 2 is 2.11 bits per heavy atom. The molecule has 3 unspecified atom stereocenters. The number of oxazole rings is 1. The third kappa shape index (κ3) is 2.81. The highest BCUT2D eigenvalue weighted by Crippen LogP contribution is 2.39. The van der Waals surface area contributed by atoms with Crippen molar-refractivity contribution in [3.8, 4) is 10.6 Å². The van der Waals surface area contributed by atoms with Gasteiger partial charge in [-0.05, 0) is 12.5 Å². The molecule has 3 fully saturated rings. The summed E-state index contributed by atoms with van der Waals surface area (Å²) >= 11 is 1.47. The number of alkyl halides is 2. The number of benzene rings is 1. The maximum atomic E-state index is 13.5. The topological polar surface area (TPSA) is 63.4 Å². The van der Waals surface area contributed by atoms with Gasteiger partial charge in [-0.25, -0.2) is 13.8 Å².